The molecule has 0 aliphatic heterocycles. The Balaban J connectivity index is 2.43. The highest BCUT2D eigenvalue weighted by molar-refractivity contribution is 7.92. The number of benzene rings is 2. The second-order valence-corrected chi connectivity index (χ2v) is 10.2. The molecule has 0 saturated heterocycles. The first-order chi connectivity index (χ1) is 14.9. The van der Waals surface area contributed by atoms with Gasteiger partial charge in [-0.3, -0.25) is 13.9 Å². The topological polar surface area (TPSA) is 86.8 Å². The quantitative estimate of drug-likeness (QED) is 0.570. The van der Waals surface area contributed by atoms with Crippen molar-refractivity contribution in [3.05, 3.63) is 63.6 Å². The van der Waals surface area contributed by atoms with Crippen LogP contribution in [0.1, 0.15) is 25.0 Å². The molecule has 174 valence electrons. The Kier molecular flexibility index (Phi) is 8.95. The summed E-state index contributed by atoms with van der Waals surface area (Å²) in [6, 6.07) is 11.1. The number of nitrogens with zero attached hydrogens (tertiary/aromatic N) is 2. The summed E-state index contributed by atoms with van der Waals surface area (Å²) in [6.07, 6.45) is 0.982. The Hall–Kier alpha value is -2.29. The van der Waals surface area contributed by atoms with Crippen LogP contribution in [0.25, 0.3) is 0 Å². The molecule has 2 aromatic rings. The summed E-state index contributed by atoms with van der Waals surface area (Å²) in [4.78, 5) is 27.3. The SMILES string of the molecule is CCNC(=O)[C@@H](C)N(Cc1cccc(C)c1)C(=O)CN(c1cc(Cl)ccc1Cl)S(C)(=O)=O. The molecule has 32 heavy (non-hydrogen) atoms. The summed E-state index contributed by atoms with van der Waals surface area (Å²) in [5.41, 5.74) is 1.92. The van der Waals surface area contributed by atoms with Crippen LogP contribution in [0.4, 0.5) is 5.69 Å². The van der Waals surface area contributed by atoms with Gasteiger partial charge in [0.05, 0.1) is 17.0 Å². The minimum atomic E-state index is -3.88. The maximum Gasteiger partial charge on any atom is 0.244 e. The average Bonchev–Trinajstić information content (AvgIpc) is 2.71. The Morgan fingerprint density at radius 2 is 1.81 bits per heavy atom. The smallest absolute Gasteiger partial charge is 0.244 e. The van der Waals surface area contributed by atoms with Crippen molar-refractivity contribution in [1.82, 2.24) is 10.2 Å². The van der Waals surface area contributed by atoms with E-state index >= 15 is 0 Å². The van der Waals surface area contributed by atoms with Crippen LogP contribution in [-0.2, 0) is 26.2 Å². The summed E-state index contributed by atoms with van der Waals surface area (Å²) in [5.74, 6) is -0.882. The van der Waals surface area contributed by atoms with Crippen LogP contribution in [0.5, 0.6) is 0 Å². The van der Waals surface area contributed by atoms with Crippen LogP contribution in [0.3, 0.4) is 0 Å². The lowest BCUT2D eigenvalue weighted by molar-refractivity contribution is -0.139. The molecule has 0 saturated carbocycles. The number of aryl methyl sites for hydroxylation is 1. The van der Waals surface area contributed by atoms with Crippen LogP contribution < -0.4 is 9.62 Å². The second kappa shape index (κ2) is 11.0. The van der Waals surface area contributed by atoms with Gasteiger partial charge in [0, 0.05) is 18.1 Å². The predicted molar refractivity (Wildman–Crippen MR) is 129 cm³/mol. The summed E-state index contributed by atoms with van der Waals surface area (Å²) in [6.45, 7) is 5.33. The van der Waals surface area contributed by atoms with Gasteiger partial charge in [0.15, 0.2) is 0 Å². The molecule has 0 unspecified atom stereocenters. The number of hydrogen-bond acceptors (Lipinski definition) is 4. The Labute approximate surface area is 199 Å². The van der Waals surface area contributed by atoms with E-state index in [2.05, 4.69) is 5.32 Å². The second-order valence-electron chi connectivity index (χ2n) is 7.45. The molecule has 10 heteroatoms. The Bertz CT molecular complexity index is 1090. The highest BCUT2D eigenvalue weighted by atomic mass is 35.5. The number of rotatable bonds is 9. The fourth-order valence-corrected chi connectivity index (χ4v) is 4.47. The van der Waals surface area contributed by atoms with Gasteiger partial charge in [-0.15, -0.1) is 0 Å². The molecule has 0 bridgehead atoms. The van der Waals surface area contributed by atoms with Crippen LogP contribution >= 0.6 is 23.2 Å². The van der Waals surface area contributed by atoms with Crippen molar-refractivity contribution >= 4 is 50.7 Å². The zero-order chi connectivity index (χ0) is 24.1. The van der Waals surface area contributed by atoms with Crippen molar-refractivity contribution < 1.29 is 18.0 Å². The molecule has 0 aliphatic carbocycles. The van der Waals surface area contributed by atoms with Gasteiger partial charge in [0.1, 0.15) is 12.6 Å². The van der Waals surface area contributed by atoms with E-state index in [4.69, 9.17) is 23.2 Å². The van der Waals surface area contributed by atoms with Gasteiger partial charge in [-0.05, 0) is 44.5 Å². The molecule has 0 aliphatic rings. The molecule has 1 N–H and O–H groups in total. The normalized spacial score (nSPS) is 12.2. The standard InChI is InChI=1S/C22H27Cl2N3O4S/c1-5-25-22(29)16(3)26(13-17-8-6-7-15(2)11-17)21(28)14-27(32(4,30)31)20-12-18(23)9-10-19(20)24/h6-12,16H,5,13-14H2,1-4H3,(H,25,29)/t16-/m1/s1. The minimum Gasteiger partial charge on any atom is -0.355 e. The van der Waals surface area contributed by atoms with Crippen molar-refractivity contribution in [2.75, 3.05) is 23.7 Å². The fraction of sp³-hybridized carbons (Fsp3) is 0.364. The largest absolute Gasteiger partial charge is 0.355 e. The lowest BCUT2D eigenvalue weighted by Crippen LogP contribution is -2.51. The fourth-order valence-electron chi connectivity index (χ4n) is 3.18. The Morgan fingerprint density at radius 1 is 1.12 bits per heavy atom. The first-order valence-electron chi connectivity index (χ1n) is 9.99. The number of carbonyl (C=O) groups excluding carboxylic acids is 2. The van der Waals surface area contributed by atoms with Crippen LogP contribution in [-0.4, -0.2) is 50.5 Å². The van der Waals surface area contributed by atoms with Crippen molar-refractivity contribution in [3.63, 3.8) is 0 Å². The molecule has 2 aromatic carbocycles. The third-order valence-corrected chi connectivity index (χ3v) is 6.49. The molecular weight excluding hydrogens is 473 g/mol. The summed E-state index contributed by atoms with van der Waals surface area (Å²) in [7, 11) is -3.88. The summed E-state index contributed by atoms with van der Waals surface area (Å²) < 4.78 is 26.0. The van der Waals surface area contributed by atoms with E-state index in [1.54, 1.807) is 13.8 Å². The van der Waals surface area contributed by atoms with Crippen LogP contribution in [0.15, 0.2) is 42.5 Å². The van der Waals surface area contributed by atoms with E-state index in [1.807, 2.05) is 31.2 Å². The molecule has 0 radical (unpaired) electrons. The monoisotopic (exact) mass is 499 g/mol. The van der Waals surface area contributed by atoms with Crippen LogP contribution in [0, 0.1) is 6.92 Å². The maximum atomic E-state index is 13.4. The van der Waals surface area contributed by atoms with E-state index in [1.165, 1.54) is 23.1 Å². The molecule has 0 spiro atoms. The molecule has 0 aromatic heterocycles. The Morgan fingerprint density at radius 3 is 2.41 bits per heavy atom. The van der Waals surface area contributed by atoms with Gasteiger partial charge in [-0.25, -0.2) is 8.42 Å². The van der Waals surface area contributed by atoms with Crippen molar-refractivity contribution in [1.29, 1.82) is 0 Å². The predicted octanol–water partition coefficient (Wildman–Crippen LogP) is 3.62. The van der Waals surface area contributed by atoms with Gasteiger partial charge in [-0.2, -0.15) is 0 Å². The molecule has 7 nitrogen and oxygen atoms in total. The molecule has 1 atom stereocenters. The van der Waals surface area contributed by atoms with Gasteiger partial charge in [0.2, 0.25) is 21.8 Å². The highest BCUT2D eigenvalue weighted by Crippen LogP contribution is 2.30. The molecule has 2 amide bonds. The molecule has 2 rings (SSSR count). The highest BCUT2D eigenvalue weighted by Gasteiger charge is 2.30. The first kappa shape index (κ1) is 26.0. The lowest BCUT2D eigenvalue weighted by atomic mass is 10.1. The van der Waals surface area contributed by atoms with Gasteiger partial charge in [0.25, 0.3) is 0 Å². The van der Waals surface area contributed by atoms with E-state index in [9.17, 15) is 18.0 Å². The van der Waals surface area contributed by atoms with E-state index in [0.717, 1.165) is 21.7 Å². The van der Waals surface area contributed by atoms with Crippen molar-refractivity contribution in [2.45, 2.75) is 33.4 Å². The van der Waals surface area contributed by atoms with Gasteiger partial charge < -0.3 is 10.2 Å². The zero-order valence-corrected chi connectivity index (χ0v) is 20.8. The number of sulfonamides is 1. The number of nitrogens with one attached hydrogen (secondary N) is 1. The average molecular weight is 500 g/mol. The molecule has 0 heterocycles. The number of likely N-dealkylation sites (N-methyl/N-ethyl adjacent to an activating group) is 1. The summed E-state index contributed by atoms with van der Waals surface area (Å²) in [5, 5.41) is 3.12. The number of amides is 2. The number of hydrogen-bond donors (Lipinski definition) is 1. The summed E-state index contributed by atoms with van der Waals surface area (Å²) >= 11 is 12.2. The molecular formula is C22H27Cl2N3O4S. The molecule has 0 fully saturated rings. The van der Waals surface area contributed by atoms with E-state index < -0.39 is 28.5 Å². The van der Waals surface area contributed by atoms with Crippen molar-refractivity contribution in [2.24, 2.45) is 0 Å². The lowest BCUT2D eigenvalue weighted by Gasteiger charge is -2.31. The van der Waals surface area contributed by atoms with E-state index in [0.29, 0.717) is 6.54 Å². The number of anilines is 1. The zero-order valence-electron chi connectivity index (χ0n) is 18.4. The van der Waals surface area contributed by atoms with Gasteiger partial charge >= 0.3 is 0 Å². The number of carbonyl (C=O) groups is 2. The maximum absolute atomic E-state index is 13.4. The minimum absolute atomic E-state index is 0.0937. The third kappa shape index (κ3) is 6.85. The van der Waals surface area contributed by atoms with Gasteiger partial charge in [-0.1, -0.05) is 53.0 Å². The van der Waals surface area contributed by atoms with E-state index in [-0.39, 0.29) is 28.2 Å². The number of halogens is 2. The first-order valence-corrected chi connectivity index (χ1v) is 12.6. The van der Waals surface area contributed by atoms with Crippen LogP contribution in [0.2, 0.25) is 10.0 Å². The van der Waals surface area contributed by atoms with Crippen molar-refractivity contribution in [3.8, 4) is 0 Å². The third-order valence-electron chi connectivity index (χ3n) is 4.81.